The number of nitrogens with one attached hydrogen (secondary N) is 1. The maximum absolute atomic E-state index is 14.3. The molecule has 0 aliphatic carbocycles. The lowest BCUT2D eigenvalue weighted by Crippen LogP contribution is -2.46. The fourth-order valence-corrected chi connectivity index (χ4v) is 5.36. The van der Waals surface area contributed by atoms with Gasteiger partial charge in [-0.25, -0.2) is 9.59 Å². The normalized spacial score (nSPS) is 16.0. The number of benzene rings is 3. The number of nitrogens with zero attached hydrogens (tertiary/aromatic N) is 1. The van der Waals surface area contributed by atoms with Crippen LogP contribution in [-0.2, 0) is 15.7 Å². The molecule has 47 heavy (non-hydrogen) atoms. The van der Waals surface area contributed by atoms with Gasteiger partial charge in [0.05, 0.1) is 16.6 Å². The number of hydrogen-bond acceptors (Lipinski definition) is 9. The number of carbonyl (C=O) groups excluding carboxylic acids is 2. The summed E-state index contributed by atoms with van der Waals surface area (Å²) in [5, 5.41) is 2.36. The van der Waals surface area contributed by atoms with Crippen molar-refractivity contribution in [3.05, 3.63) is 82.2 Å². The van der Waals surface area contributed by atoms with E-state index in [4.69, 9.17) is 23.4 Å². The molecule has 1 aromatic heterocycles. The minimum absolute atomic E-state index is 0.0539. The van der Waals surface area contributed by atoms with E-state index >= 15 is 0 Å². The van der Waals surface area contributed by atoms with E-state index in [0.29, 0.717) is 5.75 Å². The Bertz CT molecular complexity index is 1960. The first kappa shape index (κ1) is 31.6. The molecule has 3 heterocycles. The first-order valence-corrected chi connectivity index (χ1v) is 14.7. The molecule has 0 radical (unpaired) electrons. The lowest BCUT2D eigenvalue weighted by atomic mass is 9.94. The average molecular weight is 651 g/mol. The smallest absolute Gasteiger partial charge is 0.450 e. The van der Waals surface area contributed by atoms with Crippen LogP contribution < -0.4 is 25.0 Å². The molecule has 1 N–H and O–H groups in total. The minimum Gasteiger partial charge on any atom is -0.486 e. The Morgan fingerprint density at radius 1 is 1.00 bits per heavy atom. The maximum Gasteiger partial charge on any atom is 0.450 e. The van der Waals surface area contributed by atoms with Crippen LogP contribution in [0.3, 0.4) is 0 Å². The topological polar surface area (TPSA) is 126 Å². The highest BCUT2D eigenvalue weighted by molar-refractivity contribution is 5.88. The Balaban J connectivity index is 1.32. The highest BCUT2D eigenvalue weighted by Gasteiger charge is 2.40. The lowest BCUT2D eigenvalue weighted by molar-refractivity contribution is -0.152. The SMILES string of the molecule is CC(C)(C)OC(=O)N[C@H](C[C@@H]1C=Nc2ccccc21)C(=O)Oc1ccc2c(=O)c(-c3ccc4c(c3)OCCO4)c(C(F)(F)F)oc2c1. The largest absolute Gasteiger partial charge is 0.486 e. The van der Waals surface area contributed by atoms with Gasteiger partial charge in [0.15, 0.2) is 11.5 Å². The second-order valence-electron chi connectivity index (χ2n) is 11.9. The van der Waals surface area contributed by atoms with E-state index in [2.05, 4.69) is 10.3 Å². The van der Waals surface area contributed by atoms with Gasteiger partial charge in [-0.15, -0.1) is 0 Å². The summed E-state index contributed by atoms with van der Waals surface area (Å²) in [6.45, 7) is 5.48. The Hall–Kier alpha value is -5.33. The van der Waals surface area contributed by atoms with Gasteiger partial charge in [0.1, 0.15) is 36.2 Å². The van der Waals surface area contributed by atoms with Crippen LogP contribution in [0.5, 0.6) is 17.2 Å². The third-order valence-electron chi connectivity index (χ3n) is 7.37. The number of rotatable bonds is 6. The number of ether oxygens (including phenoxy) is 4. The number of carbonyl (C=O) groups is 2. The first-order chi connectivity index (χ1) is 22.3. The molecule has 6 rings (SSSR count). The van der Waals surface area contributed by atoms with Gasteiger partial charge in [0, 0.05) is 18.2 Å². The quantitative estimate of drug-likeness (QED) is 0.176. The fraction of sp³-hybridized carbons (Fsp3) is 0.294. The highest BCUT2D eigenvalue weighted by Crippen LogP contribution is 2.41. The third-order valence-corrected chi connectivity index (χ3v) is 7.37. The number of para-hydroxylation sites is 1. The number of amides is 1. The summed E-state index contributed by atoms with van der Waals surface area (Å²) in [7, 11) is 0. The third kappa shape index (κ3) is 6.79. The number of fused-ring (bicyclic) bond motifs is 3. The predicted octanol–water partition coefficient (Wildman–Crippen LogP) is 6.94. The van der Waals surface area contributed by atoms with Crippen LogP contribution in [-0.4, -0.2) is 43.1 Å². The molecule has 244 valence electrons. The Morgan fingerprint density at radius 2 is 1.74 bits per heavy atom. The Labute approximate surface area is 266 Å². The molecule has 0 fully saturated rings. The number of aliphatic imine (C=N–C) groups is 1. The molecule has 10 nitrogen and oxygen atoms in total. The van der Waals surface area contributed by atoms with Gasteiger partial charge < -0.3 is 28.7 Å². The maximum atomic E-state index is 14.3. The van der Waals surface area contributed by atoms with Crippen LogP contribution in [0.15, 0.2) is 74.9 Å². The van der Waals surface area contributed by atoms with Crippen molar-refractivity contribution in [1.82, 2.24) is 5.32 Å². The number of alkyl carbamates (subject to hydrolysis) is 1. The molecule has 0 saturated carbocycles. The van der Waals surface area contributed by atoms with Crippen molar-refractivity contribution in [2.24, 2.45) is 4.99 Å². The number of halogens is 3. The molecule has 13 heteroatoms. The van der Waals surface area contributed by atoms with Crippen LogP contribution >= 0.6 is 0 Å². The number of alkyl halides is 3. The summed E-state index contributed by atoms with van der Waals surface area (Å²) in [4.78, 5) is 44.0. The predicted molar refractivity (Wildman–Crippen MR) is 165 cm³/mol. The molecular formula is C34H29F3N2O8. The molecule has 2 aliphatic rings. The van der Waals surface area contributed by atoms with Crippen molar-refractivity contribution in [1.29, 1.82) is 0 Å². The van der Waals surface area contributed by atoms with Gasteiger partial charge in [0.2, 0.25) is 11.2 Å². The van der Waals surface area contributed by atoms with Crippen molar-refractivity contribution in [2.45, 2.75) is 50.9 Å². The van der Waals surface area contributed by atoms with E-state index in [1.54, 1.807) is 27.0 Å². The second-order valence-corrected chi connectivity index (χ2v) is 11.9. The molecule has 2 atom stereocenters. The van der Waals surface area contributed by atoms with Gasteiger partial charge in [-0.05, 0) is 68.7 Å². The molecule has 1 amide bonds. The summed E-state index contributed by atoms with van der Waals surface area (Å²) in [5.41, 5.74) is -1.46. The van der Waals surface area contributed by atoms with E-state index < -0.39 is 52.2 Å². The summed E-state index contributed by atoms with van der Waals surface area (Å²) in [5.74, 6) is -2.46. The molecular weight excluding hydrogens is 621 g/mol. The van der Waals surface area contributed by atoms with Crippen LogP contribution in [0.2, 0.25) is 0 Å². The van der Waals surface area contributed by atoms with Gasteiger partial charge in [-0.1, -0.05) is 24.3 Å². The van der Waals surface area contributed by atoms with E-state index in [0.717, 1.165) is 17.3 Å². The Morgan fingerprint density at radius 3 is 2.49 bits per heavy atom. The van der Waals surface area contributed by atoms with E-state index in [9.17, 15) is 27.6 Å². The van der Waals surface area contributed by atoms with Crippen molar-refractivity contribution in [3.8, 4) is 28.4 Å². The highest BCUT2D eigenvalue weighted by atomic mass is 19.4. The van der Waals surface area contributed by atoms with Crippen LogP contribution in [0.4, 0.5) is 23.7 Å². The molecule has 0 bridgehead atoms. The number of esters is 1. The van der Waals surface area contributed by atoms with Gasteiger partial charge >= 0.3 is 18.2 Å². The van der Waals surface area contributed by atoms with E-state index in [1.165, 1.54) is 30.3 Å². The number of hydrogen-bond donors (Lipinski definition) is 1. The van der Waals surface area contributed by atoms with Crippen LogP contribution in [0, 0.1) is 0 Å². The van der Waals surface area contributed by atoms with Crippen LogP contribution in [0.25, 0.3) is 22.1 Å². The van der Waals surface area contributed by atoms with E-state index in [1.807, 2.05) is 24.3 Å². The lowest BCUT2D eigenvalue weighted by Gasteiger charge is -2.24. The summed E-state index contributed by atoms with van der Waals surface area (Å²) in [6.07, 6.45) is -4.21. The standard InChI is InChI=1S/C34H29F3N2O8/c1-33(2,3)47-32(42)39-24(14-19-17-38-23-7-5-4-6-21(19)23)31(41)45-20-9-10-22-26(16-20)46-30(34(35,36)37)28(29(22)40)18-8-11-25-27(15-18)44-13-12-43-25/h4-11,15-17,19,24H,12-14H2,1-3H3,(H,39,42)/t19-,24-/m1/s1. The zero-order chi connectivity index (χ0) is 33.5. The minimum atomic E-state index is -5.05. The second kappa shape index (κ2) is 12.1. The summed E-state index contributed by atoms with van der Waals surface area (Å²) in [6, 6.07) is 13.6. The molecule has 0 spiro atoms. The van der Waals surface area contributed by atoms with Crippen molar-refractivity contribution in [2.75, 3.05) is 13.2 Å². The fourth-order valence-electron chi connectivity index (χ4n) is 5.36. The molecule has 2 aliphatic heterocycles. The zero-order valence-corrected chi connectivity index (χ0v) is 25.5. The molecule has 4 aromatic rings. The first-order valence-electron chi connectivity index (χ1n) is 14.7. The summed E-state index contributed by atoms with van der Waals surface area (Å²) >= 11 is 0. The molecule has 0 saturated heterocycles. The van der Waals surface area contributed by atoms with Crippen molar-refractivity contribution < 1.29 is 46.1 Å². The van der Waals surface area contributed by atoms with Crippen molar-refractivity contribution >= 4 is 34.9 Å². The monoisotopic (exact) mass is 650 g/mol. The molecule has 3 aromatic carbocycles. The summed E-state index contributed by atoms with van der Waals surface area (Å²) < 4.78 is 70.0. The van der Waals surface area contributed by atoms with Crippen LogP contribution in [0.1, 0.15) is 44.4 Å². The Kier molecular flexibility index (Phi) is 8.16. The van der Waals surface area contributed by atoms with Gasteiger partial charge in [0.25, 0.3) is 0 Å². The zero-order valence-electron chi connectivity index (χ0n) is 25.5. The average Bonchev–Trinajstić information content (AvgIpc) is 3.41. The van der Waals surface area contributed by atoms with Gasteiger partial charge in [-0.2, -0.15) is 13.2 Å². The van der Waals surface area contributed by atoms with Gasteiger partial charge in [-0.3, -0.25) is 9.79 Å². The van der Waals surface area contributed by atoms with E-state index in [-0.39, 0.29) is 48.0 Å². The van der Waals surface area contributed by atoms with Crippen molar-refractivity contribution in [3.63, 3.8) is 0 Å². The molecule has 0 unspecified atom stereocenters.